The smallest absolute Gasteiger partial charge is 0.324 e. The van der Waals surface area contributed by atoms with Crippen molar-refractivity contribution in [2.24, 2.45) is 5.92 Å². The van der Waals surface area contributed by atoms with Crippen LogP contribution in [0.3, 0.4) is 0 Å². The minimum atomic E-state index is -3.91. The second kappa shape index (κ2) is 12.8. The predicted molar refractivity (Wildman–Crippen MR) is 133 cm³/mol. The van der Waals surface area contributed by atoms with E-state index in [4.69, 9.17) is 16.3 Å². The quantitative estimate of drug-likeness (QED) is 0.306. The van der Waals surface area contributed by atoms with Crippen molar-refractivity contribution in [3.63, 3.8) is 0 Å². The van der Waals surface area contributed by atoms with Crippen molar-refractivity contribution in [1.82, 2.24) is 14.5 Å². The Morgan fingerprint density at radius 1 is 1.24 bits per heavy atom. The number of ether oxygens (including phenoxy) is 1. The average molecular weight is 516 g/mol. The summed E-state index contributed by atoms with van der Waals surface area (Å²) >= 11 is 6.46. The molecular weight excluding hydrogens is 478 g/mol. The van der Waals surface area contributed by atoms with Gasteiger partial charge in [0.1, 0.15) is 17.4 Å². The zero-order valence-electron chi connectivity index (χ0n) is 20.8. The number of esters is 1. The third-order valence-corrected chi connectivity index (χ3v) is 7.80. The summed E-state index contributed by atoms with van der Waals surface area (Å²) in [6, 6.07) is 5.60. The number of hydrogen-bond acceptors (Lipinski definition) is 7. The van der Waals surface area contributed by atoms with E-state index >= 15 is 0 Å². The first-order valence-electron chi connectivity index (χ1n) is 11.8. The van der Waals surface area contributed by atoms with Crippen molar-refractivity contribution >= 4 is 27.6 Å². The molecule has 1 unspecified atom stereocenters. The summed E-state index contributed by atoms with van der Waals surface area (Å²) in [5.41, 5.74) is 1.55. The number of nitrogens with zero attached hydrogens (tertiary/aromatic N) is 2. The van der Waals surface area contributed by atoms with Crippen LogP contribution in [0, 0.1) is 5.92 Å². The molecule has 0 amide bonds. The first-order valence-corrected chi connectivity index (χ1v) is 13.7. The van der Waals surface area contributed by atoms with Crippen molar-refractivity contribution in [3.05, 3.63) is 40.7 Å². The molecule has 34 heavy (non-hydrogen) atoms. The predicted octanol–water partition coefficient (Wildman–Crippen LogP) is 3.61. The van der Waals surface area contributed by atoms with E-state index in [2.05, 4.69) is 16.5 Å². The van der Waals surface area contributed by atoms with Crippen molar-refractivity contribution in [2.75, 3.05) is 20.3 Å². The molecule has 0 aliphatic carbocycles. The highest BCUT2D eigenvalue weighted by Gasteiger charge is 2.34. The van der Waals surface area contributed by atoms with E-state index in [1.807, 2.05) is 25.8 Å². The van der Waals surface area contributed by atoms with Gasteiger partial charge in [-0.2, -0.15) is 4.72 Å². The Kier molecular flexibility index (Phi) is 10.7. The monoisotopic (exact) mass is 515 g/mol. The fourth-order valence-corrected chi connectivity index (χ4v) is 5.55. The van der Waals surface area contributed by atoms with Crippen molar-refractivity contribution in [2.45, 2.75) is 77.0 Å². The van der Waals surface area contributed by atoms with Crippen molar-refractivity contribution in [3.8, 4) is 0 Å². The topological polar surface area (TPSA) is 99.2 Å². The molecule has 1 aliphatic heterocycles. The molecule has 0 saturated heterocycles. The van der Waals surface area contributed by atoms with Gasteiger partial charge in [-0.05, 0) is 49.8 Å². The van der Waals surface area contributed by atoms with Crippen LogP contribution in [-0.4, -0.2) is 61.8 Å². The zero-order valence-corrected chi connectivity index (χ0v) is 22.3. The number of benzene rings is 1. The number of hydrogen-bond donors (Lipinski definition) is 2. The maximum Gasteiger partial charge on any atom is 0.324 e. The molecule has 0 saturated carbocycles. The van der Waals surface area contributed by atoms with E-state index in [9.17, 15) is 18.3 Å². The Morgan fingerprint density at radius 2 is 1.88 bits per heavy atom. The van der Waals surface area contributed by atoms with Gasteiger partial charge in [-0.1, -0.05) is 50.9 Å². The van der Waals surface area contributed by atoms with Crippen LogP contribution in [0.15, 0.2) is 40.0 Å². The van der Waals surface area contributed by atoms with E-state index in [1.165, 1.54) is 12.1 Å². The molecule has 2 N–H and O–H groups in total. The summed E-state index contributed by atoms with van der Waals surface area (Å²) in [5, 5.41) is 10.4. The SMILES string of the molecule is CCCCC1N(C)C(Cl)=C(CO)N1Cc1ccc(S(=O)(=O)N[C@@H](CC(C)C)C(=O)OCC)cc1. The van der Waals surface area contributed by atoms with Gasteiger partial charge in [0.25, 0.3) is 0 Å². The Morgan fingerprint density at radius 3 is 2.41 bits per heavy atom. The van der Waals surface area contributed by atoms with Gasteiger partial charge in [-0.3, -0.25) is 4.79 Å². The fourth-order valence-electron chi connectivity index (χ4n) is 4.07. The van der Waals surface area contributed by atoms with Gasteiger partial charge in [0, 0.05) is 13.6 Å². The summed E-state index contributed by atoms with van der Waals surface area (Å²) in [7, 11) is -2.00. The Labute approximate surface area is 209 Å². The number of unbranched alkanes of at least 4 members (excludes halogenated alkanes) is 1. The van der Waals surface area contributed by atoms with Crippen LogP contribution in [0.5, 0.6) is 0 Å². The van der Waals surface area contributed by atoms with Gasteiger partial charge in [-0.25, -0.2) is 8.42 Å². The van der Waals surface area contributed by atoms with E-state index in [-0.39, 0.29) is 30.2 Å². The molecule has 0 radical (unpaired) electrons. The van der Waals surface area contributed by atoms with E-state index in [0.717, 1.165) is 24.8 Å². The molecular formula is C24H38ClN3O5S. The first kappa shape index (κ1) is 28.4. The molecule has 8 nitrogen and oxygen atoms in total. The number of aliphatic hydroxyl groups excluding tert-OH is 1. The third kappa shape index (κ3) is 7.10. The van der Waals surface area contributed by atoms with Crippen LogP contribution in [-0.2, 0) is 26.1 Å². The molecule has 1 aliphatic rings. The molecule has 10 heteroatoms. The third-order valence-electron chi connectivity index (χ3n) is 5.83. The van der Waals surface area contributed by atoms with Crippen LogP contribution in [0.4, 0.5) is 0 Å². The number of rotatable bonds is 13. The molecule has 1 aromatic carbocycles. The molecule has 0 fully saturated rings. The summed E-state index contributed by atoms with van der Waals surface area (Å²) in [4.78, 5) is 16.4. The number of halogens is 1. The lowest BCUT2D eigenvalue weighted by Gasteiger charge is -2.32. The minimum Gasteiger partial charge on any atom is -0.465 e. The van der Waals surface area contributed by atoms with Crippen LogP contribution in [0.2, 0.25) is 0 Å². The summed E-state index contributed by atoms with van der Waals surface area (Å²) in [5.74, 6) is -0.466. The van der Waals surface area contributed by atoms with Crippen LogP contribution < -0.4 is 4.72 Å². The normalized spacial score (nSPS) is 17.6. The summed E-state index contributed by atoms with van der Waals surface area (Å²) < 4.78 is 33.4. The standard InChI is InChI=1S/C24H38ClN3O5S/c1-6-8-9-22-27(5)23(25)21(16-29)28(22)15-18-10-12-19(13-11-18)34(31,32)26-20(14-17(3)4)24(30)33-7-2/h10-13,17,20,22,26,29H,6-9,14-16H2,1-5H3/t20-,22?/m0/s1. The lowest BCUT2D eigenvalue weighted by atomic mass is 10.1. The second-order valence-corrected chi connectivity index (χ2v) is 11.0. The fraction of sp³-hybridized carbons (Fsp3) is 0.625. The number of sulfonamides is 1. The van der Waals surface area contributed by atoms with E-state index < -0.39 is 22.0 Å². The molecule has 0 aromatic heterocycles. The first-order chi connectivity index (χ1) is 16.0. The molecule has 1 aromatic rings. The van der Waals surface area contributed by atoms with E-state index in [1.54, 1.807) is 19.1 Å². The molecule has 0 bridgehead atoms. The van der Waals surface area contributed by atoms with Crippen molar-refractivity contribution < 1.29 is 23.1 Å². The number of carbonyl (C=O) groups excluding carboxylic acids is 1. The van der Waals surface area contributed by atoms with Crippen LogP contribution >= 0.6 is 11.6 Å². The van der Waals surface area contributed by atoms with Gasteiger partial charge >= 0.3 is 5.97 Å². The number of nitrogens with one attached hydrogen (secondary N) is 1. The highest BCUT2D eigenvalue weighted by molar-refractivity contribution is 7.89. The zero-order chi connectivity index (χ0) is 25.5. The highest BCUT2D eigenvalue weighted by atomic mass is 35.5. The van der Waals surface area contributed by atoms with Gasteiger partial charge in [0.05, 0.1) is 23.8 Å². The molecule has 2 atom stereocenters. The van der Waals surface area contributed by atoms with Gasteiger partial charge in [0.15, 0.2) is 0 Å². The molecule has 1 heterocycles. The molecule has 2 rings (SSSR count). The van der Waals surface area contributed by atoms with Gasteiger partial charge in [-0.15, -0.1) is 0 Å². The summed E-state index contributed by atoms with van der Waals surface area (Å²) in [6.45, 7) is 8.14. The summed E-state index contributed by atoms with van der Waals surface area (Å²) in [6.07, 6.45) is 3.34. The second-order valence-electron chi connectivity index (χ2n) is 8.96. The maximum atomic E-state index is 12.9. The lowest BCUT2D eigenvalue weighted by molar-refractivity contribution is -0.145. The maximum absolute atomic E-state index is 12.9. The van der Waals surface area contributed by atoms with Gasteiger partial charge in [0.2, 0.25) is 10.0 Å². The Bertz CT molecular complexity index is 950. The largest absolute Gasteiger partial charge is 0.465 e. The molecule has 0 spiro atoms. The average Bonchev–Trinajstić information content (AvgIpc) is 3.00. The Hall–Kier alpha value is -1.81. The Balaban J connectivity index is 2.20. The van der Waals surface area contributed by atoms with Crippen LogP contribution in [0.25, 0.3) is 0 Å². The van der Waals surface area contributed by atoms with E-state index in [0.29, 0.717) is 23.8 Å². The van der Waals surface area contributed by atoms with Gasteiger partial charge < -0.3 is 19.6 Å². The highest BCUT2D eigenvalue weighted by Crippen LogP contribution is 2.34. The van der Waals surface area contributed by atoms with Crippen LogP contribution in [0.1, 0.15) is 58.9 Å². The minimum absolute atomic E-state index is 0.0287. The number of aliphatic hydroxyl groups is 1. The van der Waals surface area contributed by atoms with Crippen molar-refractivity contribution in [1.29, 1.82) is 0 Å². The lowest BCUT2D eigenvalue weighted by Crippen LogP contribution is -2.42. The number of carbonyl (C=O) groups is 1. The molecule has 192 valence electrons.